The Labute approximate surface area is 221 Å². The lowest BCUT2D eigenvalue weighted by Gasteiger charge is -2.19. The molecule has 0 spiro atoms. The SMILES string of the molecule is O=C1CC(NCCc2ccccc2)C(=O)N1c1ccc(N2C(=O)CC(NCCc3ccccc3)C2=O)cc1. The number of benzene rings is 3. The third kappa shape index (κ3) is 5.56. The third-order valence-electron chi connectivity index (χ3n) is 6.95. The van der Waals surface area contributed by atoms with Crippen molar-refractivity contribution >= 4 is 35.0 Å². The molecule has 3 aromatic rings. The minimum Gasteiger partial charge on any atom is -0.305 e. The summed E-state index contributed by atoms with van der Waals surface area (Å²) in [6, 6.07) is 25.2. The lowest BCUT2D eigenvalue weighted by molar-refractivity contribution is -0.123. The van der Waals surface area contributed by atoms with Crippen LogP contribution in [0.15, 0.2) is 84.9 Å². The predicted octanol–water partition coefficient (Wildman–Crippen LogP) is 2.61. The highest BCUT2D eigenvalue weighted by Gasteiger charge is 2.41. The normalized spacial score (nSPS) is 19.6. The fourth-order valence-electron chi connectivity index (χ4n) is 4.95. The maximum atomic E-state index is 13.0. The molecule has 0 bridgehead atoms. The van der Waals surface area contributed by atoms with Crippen molar-refractivity contribution in [1.29, 1.82) is 0 Å². The van der Waals surface area contributed by atoms with Crippen LogP contribution in [0.3, 0.4) is 0 Å². The van der Waals surface area contributed by atoms with Crippen molar-refractivity contribution in [3.8, 4) is 0 Å². The van der Waals surface area contributed by atoms with E-state index in [0.29, 0.717) is 24.5 Å². The summed E-state index contributed by atoms with van der Waals surface area (Å²) in [5, 5.41) is 6.39. The first-order valence-corrected chi connectivity index (χ1v) is 12.9. The van der Waals surface area contributed by atoms with E-state index in [1.807, 2.05) is 60.7 Å². The number of nitrogens with one attached hydrogen (secondary N) is 2. The Morgan fingerprint density at radius 2 is 0.921 bits per heavy atom. The van der Waals surface area contributed by atoms with Gasteiger partial charge in [-0.3, -0.25) is 19.2 Å². The Hall–Kier alpha value is -4.14. The van der Waals surface area contributed by atoms with Gasteiger partial charge >= 0.3 is 0 Å². The number of hydrogen-bond acceptors (Lipinski definition) is 6. The van der Waals surface area contributed by atoms with Crippen LogP contribution in [0, 0.1) is 0 Å². The zero-order valence-corrected chi connectivity index (χ0v) is 21.0. The molecule has 3 aromatic carbocycles. The lowest BCUT2D eigenvalue weighted by atomic mass is 10.1. The van der Waals surface area contributed by atoms with Crippen molar-refractivity contribution < 1.29 is 19.2 Å². The van der Waals surface area contributed by atoms with Gasteiger partial charge in [-0.25, -0.2) is 9.80 Å². The molecule has 38 heavy (non-hydrogen) atoms. The second kappa shape index (κ2) is 11.5. The van der Waals surface area contributed by atoms with Crippen LogP contribution >= 0.6 is 0 Å². The minimum absolute atomic E-state index is 0.0921. The molecule has 0 radical (unpaired) electrons. The largest absolute Gasteiger partial charge is 0.305 e. The van der Waals surface area contributed by atoms with E-state index in [2.05, 4.69) is 10.6 Å². The molecule has 8 nitrogen and oxygen atoms in total. The van der Waals surface area contributed by atoms with Crippen LogP contribution in [0.5, 0.6) is 0 Å². The van der Waals surface area contributed by atoms with Gasteiger partial charge in [0.25, 0.3) is 11.8 Å². The minimum atomic E-state index is -0.574. The fraction of sp³-hybridized carbons (Fsp3) is 0.267. The second-order valence-corrected chi connectivity index (χ2v) is 9.54. The van der Waals surface area contributed by atoms with Gasteiger partial charge in [-0.2, -0.15) is 0 Å². The molecule has 2 atom stereocenters. The molecule has 5 rings (SSSR count). The smallest absolute Gasteiger partial charge is 0.251 e. The van der Waals surface area contributed by atoms with Crippen LogP contribution in [0.1, 0.15) is 24.0 Å². The van der Waals surface area contributed by atoms with Crippen molar-refractivity contribution in [2.45, 2.75) is 37.8 Å². The van der Waals surface area contributed by atoms with Crippen LogP contribution in [-0.2, 0) is 32.0 Å². The van der Waals surface area contributed by atoms with E-state index in [4.69, 9.17) is 0 Å². The highest BCUT2D eigenvalue weighted by molar-refractivity contribution is 6.24. The maximum Gasteiger partial charge on any atom is 0.251 e. The lowest BCUT2D eigenvalue weighted by Crippen LogP contribution is -2.40. The first kappa shape index (κ1) is 25.5. The zero-order valence-electron chi connectivity index (χ0n) is 21.0. The van der Waals surface area contributed by atoms with E-state index < -0.39 is 12.1 Å². The molecule has 194 valence electrons. The monoisotopic (exact) mass is 510 g/mol. The first-order chi connectivity index (χ1) is 18.5. The first-order valence-electron chi connectivity index (χ1n) is 12.9. The molecular weight excluding hydrogens is 480 g/mol. The molecule has 0 aromatic heterocycles. The molecule has 0 saturated carbocycles. The number of amides is 4. The van der Waals surface area contributed by atoms with Crippen molar-refractivity contribution in [1.82, 2.24) is 10.6 Å². The van der Waals surface area contributed by atoms with Crippen molar-refractivity contribution in [2.24, 2.45) is 0 Å². The fourth-order valence-corrected chi connectivity index (χ4v) is 4.95. The molecule has 4 amide bonds. The summed E-state index contributed by atoms with van der Waals surface area (Å²) in [5.74, 6) is -1.16. The quantitative estimate of drug-likeness (QED) is 0.407. The van der Waals surface area contributed by atoms with Crippen molar-refractivity contribution in [3.63, 3.8) is 0 Å². The van der Waals surface area contributed by atoms with Crippen molar-refractivity contribution in [3.05, 3.63) is 96.1 Å². The average Bonchev–Trinajstić information content (AvgIpc) is 3.38. The third-order valence-corrected chi connectivity index (χ3v) is 6.95. The van der Waals surface area contributed by atoms with E-state index in [-0.39, 0.29) is 36.5 Å². The summed E-state index contributed by atoms with van der Waals surface area (Å²) in [6.07, 6.45) is 1.70. The molecule has 2 fully saturated rings. The number of carbonyl (C=O) groups excluding carboxylic acids is 4. The van der Waals surface area contributed by atoms with E-state index in [1.165, 1.54) is 9.80 Å². The molecule has 0 aliphatic carbocycles. The van der Waals surface area contributed by atoms with Crippen LogP contribution < -0.4 is 20.4 Å². The highest BCUT2D eigenvalue weighted by atomic mass is 16.2. The maximum absolute atomic E-state index is 13.0. The number of nitrogens with zero attached hydrogens (tertiary/aromatic N) is 2. The molecule has 2 heterocycles. The van der Waals surface area contributed by atoms with Gasteiger partial charge < -0.3 is 10.6 Å². The summed E-state index contributed by atoms with van der Waals surface area (Å²) in [5.41, 5.74) is 3.16. The Morgan fingerprint density at radius 3 is 1.29 bits per heavy atom. The Bertz CT molecular complexity index is 1210. The molecule has 2 aliphatic rings. The Kier molecular flexibility index (Phi) is 7.72. The molecule has 8 heteroatoms. The molecule has 2 aliphatic heterocycles. The zero-order chi connectivity index (χ0) is 26.5. The van der Waals surface area contributed by atoms with Gasteiger partial charge in [0.15, 0.2) is 0 Å². The summed E-state index contributed by atoms with van der Waals surface area (Å²) < 4.78 is 0. The van der Waals surface area contributed by atoms with Crippen molar-refractivity contribution in [2.75, 3.05) is 22.9 Å². The Morgan fingerprint density at radius 1 is 0.553 bits per heavy atom. The van der Waals surface area contributed by atoms with Gasteiger partial charge in [-0.05, 0) is 61.3 Å². The van der Waals surface area contributed by atoms with Crippen LogP contribution in [0.2, 0.25) is 0 Å². The van der Waals surface area contributed by atoms with Gasteiger partial charge in [0, 0.05) is 0 Å². The molecule has 2 N–H and O–H groups in total. The highest BCUT2D eigenvalue weighted by Crippen LogP contribution is 2.28. The van der Waals surface area contributed by atoms with Gasteiger partial charge in [-0.1, -0.05) is 60.7 Å². The second-order valence-electron chi connectivity index (χ2n) is 9.54. The van der Waals surface area contributed by atoms with Gasteiger partial charge in [0.2, 0.25) is 11.8 Å². The molecule has 2 saturated heterocycles. The van der Waals surface area contributed by atoms with Gasteiger partial charge in [0.1, 0.15) is 0 Å². The van der Waals surface area contributed by atoms with E-state index in [0.717, 1.165) is 24.0 Å². The van der Waals surface area contributed by atoms with E-state index >= 15 is 0 Å². The predicted molar refractivity (Wildman–Crippen MR) is 145 cm³/mol. The Balaban J connectivity index is 1.17. The number of anilines is 2. The standard InChI is InChI=1S/C30H30N4O4/c35-27-19-25(31-17-15-21-7-3-1-4-8-21)29(37)33(27)23-11-13-24(14-12-23)34-28(36)20-26(30(34)38)32-18-16-22-9-5-2-6-10-22/h1-14,25-26,31-32H,15-20H2. The summed E-state index contributed by atoms with van der Waals surface area (Å²) in [6.45, 7) is 1.17. The summed E-state index contributed by atoms with van der Waals surface area (Å²) in [7, 11) is 0. The molecular formula is C30H30N4O4. The van der Waals surface area contributed by atoms with Crippen LogP contribution in [-0.4, -0.2) is 48.8 Å². The number of rotatable bonds is 10. The van der Waals surface area contributed by atoms with E-state index in [9.17, 15) is 19.2 Å². The molecule has 2 unspecified atom stereocenters. The van der Waals surface area contributed by atoms with E-state index in [1.54, 1.807) is 24.3 Å². The van der Waals surface area contributed by atoms with Gasteiger partial charge in [0.05, 0.1) is 36.3 Å². The van der Waals surface area contributed by atoms with Crippen LogP contribution in [0.25, 0.3) is 0 Å². The average molecular weight is 511 g/mol. The summed E-state index contributed by atoms with van der Waals surface area (Å²) >= 11 is 0. The number of hydrogen-bond donors (Lipinski definition) is 2. The van der Waals surface area contributed by atoms with Crippen LogP contribution in [0.4, 0.5) is 11.4 Å². The summed E-state index contributed by atoms with van der Waals surface area (Å²) in [4.78, 5) is 53.6. The topological polar surface area (TPSA) is 98.8 Å². The number of carbonyl (C=O) groups is 4. The number of imide groups is 2. The van der Waals surface area contributed by atoms with Gasteiger partial charge in [-0.15, -0.1) is 0 Å².